The zero-order chi connectivity index (χ0) is 35.4. The van der Waals surface area contributed by atoms with Gasteiger partial charge in [0.25, 0.3) is 11.2 Å². The second-order valence-electron chi connectivity index (χ2n) is 11.1. The highest BCUT2D eigenvalue weighted by molar-refractivity contribution is 7.07. The Kier molecular flexibility index (Phi) is 10.7. The quantitative estimate of drug-likeness (QED) is 0.102. The predicted octanol–water partition coefficient (Wildman–Crippen LogP) is 5.74. The van der Waals surface area contributed by atoms with E-state index < -0.39 is 16.9 Å². The molecule has 0 N–H and O–H groups in total. The first-order chi connectivity index (χ1) is 23.4. The number of hydrogen-bond donors (Lipinski definition) is 0. The SMILES string of the molecule is CCOC(=O)C1=C(C)N=c2s/c(=C\c3cc(Cl)c(OCc4cccc([N+](=O)[O-])c4)c(OC)c3)c(=O)n2[C@@H]1c1ccc(OC(C)C)c(OC)c1. The van der Waals surface area contributed by atoms with Crippen LogP contribution < -0.4 is 33.8 Å². The second kappa shape index (κ2) is 15.0. The van der Waals surface area contributed by atoms with Crippen molar-refractivity contribution < 1.29 is 33.4 Å². The fourth-order valence-electron chi connectivity index (χ4n) is 5.34. The van der Waals surface area contributed by atoms with E-state index in [4.69, 9.17) is 35.3 Å². The lowest BCUT2D eigenvalue weighted by Crippen LogP contribution is -2.40. The number of nitro groups is 1. The molecule has 0 aliphatic carbocycles. The van der Waals surface area contributed by atoms with Crippen LogP contribution in [0.5, 0.6) is 23.0 Å². The summed E-state index contributed by atoms with van der Waals surface area (Å²) in [5.74, 6) is 0.923. The molecule has 49 heavy (non-hydrogen) atoms. The van der Waals surface area contributed by atoms with Crippen LogP contribution in [0, 0.1) is 10.1 Å². The first kappa shape index (κ1) is 35.2. The van der Waals surface area contributed by atoms with Crippen LogP contribution in [0.3, 0.4) is 0 Å². The lowest BCUT2D eigenvalue weighted by atomic mass is 9.95. The van der Waals surface area contributed by atoms with Gasteiger partial charge in [0.1, 0.15) is 6.61 Å². The summed E-state index contributed by atoms with van der Waals surface area (Å²) in [5.41, 5.74) is 1.94. The normalized spacial score (nSPS) is 14.3. The van der Waals surface area contributed by atoms with Crippen LogP contribution in [0.1, 0.15) is 50.4 Å². The first-order valence-corrected chi connectivity index (χ1v) is 16.4. The molecule has 4 aromatic rings. The number of fused-ring (bicyclic) bond motifs is 1. The van der Waals surface area contributed by atoms with Gasteiger partial charge < -0.3 is 23.7 Å². The number of ether oxygens (including phenoxy) is 5. The monoisotopic (exact) mass is 707 g/mol. The number of carbonyl (C=O) groups is 1. The molecular weight excluding hydrogens is 674 g/mol. The van der Waals surface area contributed by atoms with E-state index in [9.17, 15) is 19.7 Å². The number of non-ortho nitro benzene ring substituents is 1. The molecule has 2 heterocycles. The molecule has 0 saturated carbocycles. The molecule has 256 valence electrons. The van der Waals surface area contributed by atoms with E-state index in [2.05, 4.69) is 4.99 Å². The number of nitro benzene ring substituents is 1. The molecule has 1 aliphatic heterocycles. The van der Waals surface area contributed by atoms with Crippen molar-refractivity contribution in [3.63, 3.8) is 0 Å². The molecule has 5 rings (SSSR count). The minimum atomic E-state index is -0.859. The summed E-state index contributed by atoms with van der Waals surface area (Å²) in [4.78, 5) is 43.2. The minimum absolute atomic E-state index is 0.00716. The predicted molar refractivity (Wildman–Crippen MR) is 185 cm³/mol. The largest absolute Gasteiger partial charge is 0.493 e. The van der Waals surface area contributed by atoms with Crippen LogP contribution >= 0.6 is 22.9 Å². The lowest BCUT2D eigenvalue weighted by Gasteiger charge is -2.25. The number of aromatic nitrogens is 1. The van der Waals surface area contributed by atoms with Crippen molar-refractivity contribution in [1.29, 1.82) is 0 Å². The Morgan fingerprint density at radius 1 is 1.10 bits per heavy atom. The number of carbonyl (C=O) groups excluding carboxylic acids is 1. The summed E-state index contributed by atoms with van der Waals surface area (Å²) in [5, 5.41) is 11.4. The van der Waals surface area contributed by atoms with E-state index in [0.717, 1.165) is 11.3 Å². The average Bonchev–Trinajstić information content (AvgIpc) is 3.36. The van der Waals surface area contributed by atoms with Gasteiger partial charge in [-0.3, -0.25) is 19.5 Å². The van der Waals surface area contributed by atoms with Crippen molar-refractivity contribution in [1.82, 2.24) is 4.57 Å². The van der Waals surface area contributed by atoms with Gasteiger partial charge in [0.2, 0.25) is 0 Å². The number of esters is 1. The molecule has 0 radical (unpaired) electrons. The van der Waals surface area contributed by atoms with E-state index in [1.807, 2.05) is 13.8 Å². The molecule has 0 amide bonds. The van der Waals surface area contributed by atoms with Crippen molar-refractivity contribution in [2.45, 2.75) is 46.4 Å². The van der Waals surface area contributed by atoms with E-state index in [-0.39, 0.29) is 46.9 Å². The molecule has 0 saturated heterocycles. The smallest absolute Gasteiger partial charge is 0.338 e. The van der Waals surface area contributed by atoms with Crippen LogP contribution in [0.15, 0.2) is 75.7 Å². The fraction of sp³-hybridized carbons (Fsp3) is 0.286. The van der Waals surface area contributed by atoms with Crippen molar-refractivity contribution in [2.75, 3.05) is 20.8 Å². The molecule has 0 spiro atoms. The van der Waals surface area contributed by atoms with Crippen molar-refractivity contribution in [3.8, 4) is 23.0 Å². The summed E-state index contributed by atoms with van der Waals surface area (Å²) in [6.45, 7) is 7.38. The standard InChI is InChI=1S/C35H34ClN3O9S/c1-7-46-34(41)30-20(4)37-35-38(31(30)23-11-12-26(48-19(2)3)27(17-23)44-5)33(40)29(49-35)16-22-14-25(36)32(28(15-22)45-6)47-18-21-9-8-10-24(13-21)39(42)43/h8-17,19,31H,7,18H2,1-6H3/b29-16-/t31-/m1/s1. The highest BCUT2D eigenvalue weighted by atomic mass is 35.5. The van der Waals surface area contributed by atoms with Crippen LogP contribution in [-0.2, 0) is 16.1 Å². The zero-order valence-electron chi connectivity index (χ0n) is 27.6. The highest BCUT2D eigenvalue weighted by Crippen LogP contribution is 2.38. The van der Waals surface area contributed by atoms with E-state index in [1.54, 1.807) is 62.4 Å². The summed E-state index contributed by atoms with van der Waals surface area (Å²) < 4.78 is 30.2. The molecule has 12 nitrogen and oxygen atoms in total. The highest BCUT2D eigenvalue weighted by Gasteiger charge is 2.34. The van der Waals surface area contributed by atoms with Gasteiger partial charge in [0.05, 0.1) is 58.7 Å². The van der Waals surface area contributed by atoms with Crippen molar-refractivity contribution >= 4 is 40.7 Å². The maximum Gasteiger partial charge on any atom is 0.338 e. The van der Waals surface area contributed by atoms with Gasteiger partial charge in [-0.25, -0.2) is 9.79 Å². The van der Waals surface area contributed by atoms with E-state index in [0.29, 0.717) is 49.0 Å². The number of thiazole rings is 1. The summed E-state index contributed by atoms with van der Waals surface area (Å²) in [7, 11) is 2.98. The van der Waals surface area contributed by atoms with Gasteiger partial charge in [-0.1, -0.05) is 41.1 Å². The molecule has 1 aliphatic rings. The Hall–Kier alpha value is -5.14. The number of benzene rings is 3. The Bertz CT molecular complexity index is 2140. The topological polar surface area (TPSA) is 141 Å². The molecule has 0 unspecified atom stereocenters. The molecule has 1 aromatic heterocycles. The van der Waals surface area contributed by atoms with Gasteiger partial charge in [0, 0.05) is 12.1 Å². The van der Waals surface area contributed by atoms with Crippen LogP contribution in [0.4, 0.5) is 5.69 Å². The van der Waals surface area contributed by atoms with Crippen molar-refractivity contribution in [3.05, 3.63) is 117 Å². The minimum Gasteiger partial charge on any atom is -0.493 e. The van der Waals surface area contributed by atoms with Gasteiger partial charge >= 0.3 is 5.97 Å². The number of methoxy groups -OCH3 is 2. The molecular formula is C35H34ClN3O9S. The molecule has 3 aromatic carbocycles. The summed E-state index contributed by atoms with van der Waals surface area (Å²) >= 11 is 7.79. The number of nitrogens with zero attached hydrogens (tertiary/aromatic N) is 3. The Labute approximate surface area is 290 Å². The Morgan fingerprint density at radius 3 is 2.53 bits per heavy atom. The average molecular weight is 708 g/mol. The van der Waals surface area contributed by atoms with E-state index in [1.165, 1.54) is 30.9 Å². The number of hydrogen-bond acceptors (Lipinski definition) is 11. The molecule has 0 fully saturated rings. The maximum atomic E-state index is 14.2. The number of allylic oxidation sites excluding steroid dienone is 1. The summed E-state index contributed by atoms with van der Waals surface area (Å²) in [6, 6.07) is 13.8. The molecule has 1 atom stereocenters. The Morgan fingerprint density at radius 2 is 1.86 bits per heavy atom. The maximum absolute atomic E-state index is 14.2. The van der Waals surface area contributed by atoms with Gasteiger partial charge in [-0.05, 0) is 74.7 Å². The van der Waals surface area contributed by atoms with Crippen LogP contribution in [-0.4, -0.2) is 42.4 Å². The second-order valence-corrected chi connectivity index (χ2v) is 12.5. The molecule has 14 heteroatoms. The lowest BCUT2D eigenvalue weighted by molar-refractivity contribution is -0.384. The first-order valence-electron chi connectivity index (χ1n) is 15.2. The fourth-order valence-corrected chi connectivity index (χ4v) is 6.66. The number of rotatable bonds is 12. The molecule has 0 bridgehead atoms. The third kappa shape index (κ3) is 7.47. The Balaban J connectivity index is 1.57. The third-order valence-corrected chi connectivity index (χ3v) is 8.70. The zero-order valence-corrected chi connectivity index (χ0v) is 29.2. The van der Waals surface area contributed by atoms with Crippen LogP contribution in [0.2, 0.25) is 5.02 Å². The van der Waals surface area contributed by atoms with Crippen LogP contribution in [0.25, 0.3) is 6.08 Å². The van der Waals surface area contributed by atoms with E-state index >= 15 is 0 Å². The van der Waals surface area contributed by atoms with Crippen molar-refractivity contribution in [2.24, 2.45) is 4.99 Å². The summed E-state index contributed by atoms with van der Waals surface area (Å²) in [6.07, 6.45) is 1.55. The van der Waals surface area contributed by atoms with Gasteiger partial charge in [0.15, 0.2) is 27.8 Å². The number of halogens is 1. The third-order valence-electron chi connectivity index (χ3n) is 7.44. The van der Waals surface area contributed by atoms with Gasteiger partial charge in [-0.15, -0.1) is 0 Å². The van der Waals surface area contributed by atoms with Gasteiger partial charge in [-0.2, -0.15) is 0 Å².